The molecule has 0 fully saturated rings. The lowest BCUT2D eigenvalue weighted by molar-refractivity contribution is -0.137. The van der Waals surface area contributed by atoms with Crippen molar-refractivity contribution >= 4 is 10.0 Å². The normalized spacial score (nSPS) is 14.3. The Labute approximate surface area is 113 Å². The quantitative estimate of drug-likeness (QED) is 0.816. The third-order valence-corrected chi connectivity index (χ3v) is 4.05. The fraction of sp³-hybridized carbons (Fsp3) is 0.455. The molecule has 0 aliphatic heterocycles. The maximum absolute atomic E-state index is 13.1. The minimum atomic E-state index is -4.52. The number of aliphatic hydroxyl groups is 1. The molecule has 1 rings (SSSR count). The summed E-state index contributed by atoms with van der Waals surface area (Å²) < 4.78 is 75.2. The zero-order valence-electron chi connectivity index (χ0n) is 10.4. The maximum Gasteiger partial charge on any atom is 0.390 e. The van der Waals surface area contributed by atoms with Crippen molar-refractivity contribution in [3.63, 3.8) is 0 Å². The first-order valence-corrected chi connectivity index (χ1v) is 7.02. The average Bonchev–Trinajstić information content (AvgIpc) is 2.25. The molecule has 0 aromatic heterocycles. The second kappa shape index (κ2) is 6.06. The van der Waals surface area contributed by atoms with E-state index in [0.29, 0.717) is 6.07 Å². The molecule has 0 radical (unpaired) electrons. The molecule has 0 aliphatic carbocycles. The molecule has 1 unspecified atom stereocenters. The van der Waals surface area contributed by atoms with Gasteiger partial charge in [0.1, 0.15) is 5.82 Å². The van der Waals surface area contributed by atoms with Crippen molar-refractivity contribution in [3.8, 4) is 0 Å². The molecule has 0 heterocycles. The number of hydrogen-bond acceptors (Lipinski definition) is 3. The van der Waals surface area contributed by atoms with Gasteiger partial charge in [0.2, 0.25) is 10.0 Å². The molecule has 0 amide bonds. The molecule has 20 heavy (non-hydrogen) atoms. The van der Waals surface area contributed by atoms with Gasteiger partial charge in [-0.25, -0.2) is 17.5 Å². The summed E-state index contributed by atoms with van der Waals surface area (Å²) >= 11 is 0. The summed E-state index contributed by atoms with van der Waals surface area (Å²) in [7, 11) is -4.35. The Morgan fingerprint density at radius 1 is 1.35 bits per heavy atom. The van der Waals surface area contributed by atoms with Crippen LogP contribution in [0.25, 0.3) is 0 Å². The molecule has 0 aliphatic rings. The molecule has 2 N–H and O–H groups in total. The molecule has 114 valence electrons. The molecule has 1 aromatic carbocycles. The lowest BCUT2D eigenvalue weighted by atomic mass is 10.2. The van der Waals surface area contributed by atoms with Gasteiger partial charge in [0.05, 0.1) is 17.9 Å². The van der Waals surface area contributed by atoms with E-state index in [2.05, 4.69) is 0 Å². The first-order valence-electron chi connectivity index (χ1n) is 5.53. The number of nitrogens with one attached hydrogen (secondary N) is 1. The topological polar surface area (TPSA) is 66.4 Å². The zero-order valence-corrected chi connectivity index (χ0v) is 11.2. The predicted molar refractivity (Wildman–Crippen MR) is 62.8 cm³/mol. The number of halogens is 4. The Morgan fingerprint density at radius 2 is 1.95 bits per heavy atom. The van der Waals surface area contributed by atoms with E-state index in [-0.39, 0.29) is 5.56 Å². The van der Waals surface area contributed by atoms with Crippen LogP contribution in [0.5, 0.6) is 0 Å². The summed E-state index contributed by atoms with van der Waals surface area (Å²) in [5.74, 6) is -0.869. The zero-order chi connectivity index (χ0) is 15.6. The first-order chi connectivity index (χ1) is 9.05. The van der Waals surface area contributed by atoms with Gasteiger partial charge in [-0.05, 0) is 24.6 Å². The van der Waals surface area contributed by atoms with E-state index in [0.717, 1.165) is 19.1 Å². The Balaban J connectivity index is 3.03. The number of aliphatic hydroxyl groups excluding tert-OH is 1. The highest BCUT2D eigenvalue weighted by Crippen LogP contribution is 2.23. The van der Waals surface area contributed by atoms with Crippen LogP contribution in [0, 0.1) is 5.82 Å². The highest BCUT2D eigenvalue weighted by Gasteiger charge is 2.32. The van der Waals surface area contributed by atoms with Crippen LogP contribution in [0.2, 0.25) is 0 Å². The van der Waals surface area contributed by atoms with Gasteiger partial charge < -0.3 is 5.11 Å². The summed E-state index contributed by atoms with van der Waals surface area (Å²) in [6.45, 7) is 0.368. The van der Waals surface area contributed by atoms with Gasteiger partial charge in [-0.2, -0.15) is 13.2 Å². The second-order valence-electron chi connectivity index (χ2n) is 4.25. The van der Waals surface area contributed by atoms with Crippen molar-refractivity contribution < 1.29 is 31.1 Å². The van der Waals surface area contributed by atoms with Crippen molar-refractivity contribution in [1.82, 2.24) is 4.72 Å². The van der Waals surface area contributed by atoms with Gasteiger partial charge in [-0.15, -0.1) is 0 Å². The Morgan fingerprint density at radius 3 is 2.45 bits per heavy atom. The van der Waals surface area contributed by atoms with Gasteiger partial charge >= 0.3 is 6.18 Å². The number of sulfonamides is 1. The smallest absolute Gasteiger partial charge is 0.390 e. The van der Waals surface area contributed by atoms with E-state index in [1.165, 1.54) is 0 Å². The summed E-state index contributed by atoms with van der Waals surface area (Å²) in [6, 6.07) is 1.24. The lowest BCUT2D eigenvalue weighted by Crippen LogP contribution is -2.36. The third-order valence-electron chi connectivity index (χ3n) is 2.38. The molecular weight excluding hydrogens is 302 g/mol. The van der Waals surface area contributed by atoms with Crippen LogP contribution in [0.3, 0.4) is 0 Å². The van der Waals surface area contributed by atoms with Crippen LogP contribution in [-0.4, -0.2) is 25.7 Å². The Kier molecular flexibility index (Phi) is 5.11. The molecule has 1 aromatic rings. The predicted octanol–water partition coefficient (Wildman–Crippen LogP) is 1.94. The van der Waals surface area contributed by atoms with Crippen LogP contribution in [0.15, 0.2) is 23.1 Å². The van der Waals surface area contributed by atoms with Crippen LogP contribution in [0.1, 0.15) is 18.9 Å². The average molecular weight is 315 g/mol. The third kappa shape index (κ3) is 4.73. The van der Waals surface area contributed by atoms with Crippen molar-refractivity contribution in [2.24, 2.45) is 0 Å². The molecule has 0 saturated carbocycles. The molecule has 1 atom stereocenters. The molecular formula is C11H13F4NO3S. The largest absolute Gasteiger partial charge is 0.392 e. The lowest BCUT2D eigenvalue weighted by Gasteiger charge is -2.17. The summed E-state index contributed by atoms with van der Waals surface area (Å²) in [4.78, 5) is -0.575. The molecule has 0 spiro atoms. The molecule has 9 heteroatoms. The van der Waals surface area contributed by atoms with E-state index in [4.69, 9.17) is 5.11 Å². The van der Waals surface area contributed by atoms with Gasteiger partial charge in [-0.1, -0.05) is 6.07 Å². The number of alkyl halides is 3. The number of benzene rings is 1. The van der Waals surface area contributed by atoms with E-state index >= 15 is 0 Å². The Hall–Kier alpha value is -1.19. The van der Waals surface area contributed by atoms with Gasteiger partial charge in [0, 0.05) is 6.04 Å². The fourth-order valence-corrected chi connectivity index (χ4v) is 3.11. The van der Waals surface area contributed by atoms with Crippen LogP contribution < -0.4 is 4.72 Å². The second-order valence-corrected chi connectivity index (χ2v) is 5.93. The van der Waals surface area contributed by atoms with Gasteiger partial charge in [-0.3, -0.25) is 0 Å². The maximum atomic E-state index is 13.1. The molecule has 0 bridgehead atoms. The molecule has 4 nitrogen and oxygen atoms in total. The number of rotatable bonds is 5. The van der Waals surface area contributed by atoms with E-state index < -0.39 is 46.0 Å². The van der Waals surface area contributed by atoms with Crippen LogP contribution in [-0.2, 0) is 16.6 Å². The summed E-state index contributed by atoms with van der Waals surface area (Å²) in [6.07, 6.45) is -5.88. The highest BCUT2D eigenvalue weighted by molar-refractivity contribution is 7.89. The minimum absolute atomic E-state index is 0.0990. The first kappa shape index (κ1) is 16.9. The van der Waals surface area contributed by atoms with E-state index in [9.17, 15) is 26.0 Å². The van der Waals surface area contributed by atoms with Crippen molar-refractivity contribution in [2.45, 2.75) is 37.1 Å². The summed E-state index contributed by atoms with van der Waals surface area (Å²) in [5, 5.41) is 9.00. The van der Waals surface area contributed by atoms with E-state index in [1.807, 2.05) is 0 Å². The van der Waals surface area contributed by atoms with Crippen molar-refractivity contribution in [1.29, 1.82) is 0 Å². The van der Waals surface area contributed by atoms with Crippen molar-refractivity contribution in [2.75, 3.05) is 0 Å². The standard InChI is InChI=1S/C11H13F4NO3S/c1-7(5-11(13,14)15)16-20(18,19)10-4-9(12)3-2-8(10)6-17/h2-4,7,16-17H,5-6H2,1H3. The van der Waals surface area contributed by atoms with Gasteiger partial charge in [0.15, 0.2) is 0 Å². The monoisotopic (exact) mass is 315 g/mol. The minimum Gasteiger partial charge on any atom is -0.392 e. The van der Waals surface area contributed by atoms with Crippen LogP contribution in [0.4, 0.5) is 17.6 Å². The molecule has 0 saturated heterocycles. The Bertz CT molecular complexity index is 572. The van der Waals surface area contributed by atoms with Crippen LogP contribution >= 0.6 is 0 Å². The summed E-state index contributed by atoms with van der Waals surface area (Å²) in [5.41, 5.74) is -0.0990. The fourth-order valence-electron chi connectivity index (χ4n) is 1.63. The SMILES string of the molecule is CC(CC(F)(F)F)NS(=O)(=O)c1cc(F)ccc1CO. The van der Waals surface area contributed by atoms with Gasteiger partial charge in [0.25, 0.3) is 0 Å². The number of hydrogen-bond donors (Lipinski definition) is 2. The van der Waals surface area contributed by atoms with Crippen molar-refractivity contribution in [3.05, 3.63) is 29.6 Å². The highest BCUT2D eigenvalue weighted by atomic mass is 32.2. The van der Waals surface area contributed by atoms with E-state index in [1.54, 1.807) is 4.72 Å².